The Hall–Kier alpha value is -2.57. The first-order valence-corrected chi connectivity index (χ1v) is 9.79. The predicted molar refractivity (Wildman–Crippen MR) is 114 cm³/mol. The normalized spacial score (nSPS) is 22.6. The van der Waals surface area contributed by atoms with E-state index in [1.54, 1.807) is 0 Å². The lowest BCUT2D eigenvalue weighted by Gasteiger charge is -2.14. The van der Waals surface area contributed by atoms with Crippen LogP contribution in [0.2, 0.25) is 0 Å². The van der Waals surface area contributed by atoms with Crippen LogP contribution in [0.25, 0.3) is 16.7 Å². The molecule has 0 spiro atoms. The van der Waals surface area contributed by atoms with E-state index in [1.165, 1.54) is 0 Å². The molecular formula is C22H27N5O. The van der Waals surface area contributed by atoms with E-state index in [4.69, 9.17) is 15.0 Å². The molecule has 2 N–H and O–H groups in total. The minimum Gasteiger partial charge on any atom is -0.394 e. The van der Waals surface area contributed by atoms with Gasteiger partial charge in [-0.15, -0.1) is 0 Å². The van der Waals surface area contributed by atoms with E-state index in [0.29, 0.717) is 6.54 Å². The van der Waals surface area contributed by atoms with Gasteiger partial charge in [-0.1, -0.05) is 12.2 Å². The highest BCUT2D eigenvalue weighted by molar-refractivity contribution is 5.84. The molecule has 4 rings (SSSR count). The van der Waals surface area contributed by atoms with Crippen molar-refractivity contribution in [3.63, 3.8) is 0 Å². The van der Waals surface area contributed by atoms with E-state index < -0.39 is 0 Å². The minimum absolute atomic E-state index is 0.0149. The number of aromatic nitrogens is 3. The van der Waals surface area contributed by atoms with Crippen molar-refractivity contribution in [3.05, 3.63) is 53.0 Å². The zero-order valence-electron chi connectivity index (χ0n) is 16.9. The third-order valence-corrected chi connectivity index (χ3v) is 5.32. The van der Waals surface area contributed by atoms with Crippen LogP contribution in [0.15, 0.2) is 41.1 Å². The molecule has 4 heterocycles. The first kappa shape index (κ1) is 18.8. The van der Waals surface area contributed by atoms with Crippen molar-refractivity contribution in [2.75, 3.05) is 13.2 Å². The fourth-order valence-corrected chi connectivity index (χ4v) is 3.76. The average Bonchev–Trinajstić information content (AvgIpc) is 2.83. The maximum atomic E-state index is 9.56. The maximum Gasteiger partial charge on any atom is 0.159 e. The zero-order chi connectivity index (χ0) is 19.8. The monoisotopic (exact) mass is 377 g/mol. The third-order valence-electron chi connectivity index (χ3n) is 5.32. The number of hydrogen-bond acceptors (Lipinski definition) is 5. The largest absolute Gasteiger partial charge is 0.394 e. The number of nitrogens with zero attached hydrogens (tertiary/aromatic N) is 4. The van der Waals surface area contributed by atoms with Gasteiger partial charge in [0, 0.05) is 24.9 Å². The lowest BCUT2D eigenvalue weighted by atomic mass is 10.1. The molecule has 2 aromatic rings. The quantitative estimate of drug-likeness (QED) is 0.861. The van der Waals surface area contributed by atoms with Crippen molar-refractivity contribution in [1.82, 2.24) is 19.9 Å². The Morgan fingerprint density at radius 1 is 1.29 bits per heavy atom. The molecule has 28 heavy (non-hydrogen) atoms. The second-order valence-electron chi connectivity index (χ2n) is 7.71. The van der Waals surface area contributed by atoms with Crippen molar-refractivity contribution >= 4 is 22.4 Å². The highest BCUT2D eigenvalue weighted by atomic mass is 16.3. The van der Waals surface area contributed by atoms with Gasteiger partial charge in [-0.25, -0.2) is 9.97 Å². The Kier molecular flexibility index (Phi) is 5.00. The molecule has 0 aliphatic carbocycles. The summed E-state index contributed by atoms with van der Waals surface area (Å²) >= 11 is 0. The Labute approximate surface area is 165 Å². The fraction of sp³-hybridized carbons (Fsp3) is 0.409. The van der Waals surface area contributed by atoms with Crippen molar-refractivity contribution in [2.45, 2.75) is 46.3 Å². The molecule has 0 saturated carbocycles. The number of aliphatic hydroxyl groups excluding tert-OH is 1. The second kappa shape index (κ2) is 7.45. The van der Waals surface area contributed by atoms with E-state index >= 15 is 0 Å². The summed E-state index contributed by atoms with van der Waals surface area (Å²) in [6, 6.07) is -0.0300. The van der Waals surface area contributed by atoms with E-state index in [0.717, 1.165) is 51.4 Å². The van der Waals surface area contributed by atoms with Crippen molar-refractivity contribution in [2.24, 2.45) is 4.99 Å². The summed E-state index contributed by atoms with van der Waals surface area (Å²) in [5, 5.41) is 13.1. The molecule has 2 aliphatic heterocycles. The molecule has 2 aromatic heterocycles. The number of nitrogens with one attached hydrogen (secondary N) is 1. The Bertz CT molecular complexity index is 1040. The van der Waals surface area contributed by atoms with Crippen molar-refractivity contribution in [3.8, 4) is 0 Å². The molecule has 0 saturated heterocycles. The smallest absolute Gasteiger partial charge is 0.159 e. The average molecular weight is 377 g/mol. The number of allylic oxidation sites excluding steroid dienone is 4. The van der Waals surface area contributed by atoms with Crippen LogP contribution in [0.3, 0.4) is 0 Å². The molecule has 146 valence electrons. The summed E-state index contributed by atoms with van der Waals surface area (Å²) < 4.78 is 2.01. The molecule has 0 amide bonds. The summed E-state index contributed by atoms with van der Waals surface area (Å²) in [6.45, 7) is 8.84. The van der Waals surface area contributed by atoms with Crippen LogP contribution in [-0.4, -0.2) is 44.7 Å². The van der Waals surface area contributed by atoms with Gasteiger partial charge < -0.3 is 9.67 Å². The topological polar surface area (TPSA) is 75.3 Å². The summed E-state index contributed by atoms with van der Waals surface area (Å²) in [4.78, 5) is 14.6. The lowest BCUT2D eigenvalue weighted by Crippen LogP contribution is -2.27. The van der Waals surface area contributed by atoms with Gasteiger partial charge in [0.05, 0.1) is 24.0 Å². The number of hydrogen-bond donors (Lipinski definition) is 2. The maximum absolute atomic E-state index is 9.56. The van der Waals surface area contributed by atoms with Crippen LogP contribution in [0, 0.1) is 13.8 Å². The van der Waals surface area contributed by atoms with Gasteiger partial charge in [0.2, 0.25) is 0 Å². The van der Waals surface area contributed by atoms with Crippen LogP contribution in [0.1, 0.15) is 43.3 Å². The van der Waals surface area contributed by atoms with E-state index in [-0.39, 0.29) is 18.8 Å². The molecular weight excluding hydrogens is 350 g/mol. The standard InChI is InChI=1S/C22H27N5O/c1-13-11-27(15(3)12-28)22-20(13)26-21(16(4)25-22)18-8-17-7-5-6-14(2)24-19(9-17)23-10-18/h5,7-9,11,15,19,23,28H,6,10,12H2,1-4H3/b7-5?,24-14-. The number of aliphatic imine (C=N–C) groups is 1. The lowest BCUT2D eigenvalue weighted by molar-refractivity contribution is 0.241. The van der Waals surface area contributed by atoms with Gasteiger partial charge in [-0.05, 0) is 56.6 Å². The molecule has 6 heteroatoms. The Morgan fingerprint density at radius 3 is 2.89 bits per heavy atom. The summed E-state index contributed by atoms with van der Waals surface area (Å²) in [7, 11) is 0. The number of aliphatic hydroxyl groups is 1. The summed E-state index contributed by atoms with van der Waals surface area (Å²) in [5.74, 6) is 0. The first-order chi connectivity index (χ1) is 13.5. The van der Waals surface area contributed by atoms with E-state index in [1.807, 2.05) is 31.5 Å². The van der Waals surface area contributed by atoms with Gasteiger partial charge in [0.15, 0.2) is 5.65 Å². The number of rotatable bonds is 3. The summed E-state index contributed by atoms with van der Waals surface area (Å²) in [6.07, 6.45) is 11.5. The van der Waals surface area contributed by atoms with Crippen LogP contribution >= 0.6 is 0 Å². The van der Waals surface area contributed by atoms with Crippen LogP contribution in [0.4, 0.5) is 0 Å². The van der Waals surface area contributed by atoms with E-state index in [2.05, 4.69) is 36.5 Å². The minimum atomic E-state index is -0.0300. The third kappa shape index (κ3) is 3.45. The van der Waals surface area contributed by atoms with E-state index in [9.17, 15) is 5.11 Å². The van der Waals surface area contributed by atoms with Gasteiger partial charge in [0.1, 0.15) is 11.7 Å². The molecule has 6 nitrogen and oxygen atoms in total. The molecule has 0 radical (unpaired) electrons. The van der Waals surface area contributed by atoms with Gasteiger partial charge in [0.25, 0.3) is 0 Å². The fourth-order valence-electron chi connectivity index (χ4n) is 3.76. The molecule has 2 unspecified atom stereocenters. The Balaban J connectivity index is 1.78. The highest BCUT2D eigenvalue weighted by Crippen LogP contribution is 2.27. The first-order valence-electron chi connectivity index (χ1n) is 9.79. The van der Waals surface area contributed by atoms with Crippen molar-refractivity contribution in [1.29, 1.82) is 0 Å². The van der Waals surface area contributed by atoms with Gasteiger partial charge in [-0.3, -0.25) is 10.3 Å². The molecule has 0 aromatic carbocycles. The molecule has 2 aliphatic rings. The van der Waals surface area contributed by atoms with Gasteiger partial charge in [-0.2, -0.15) is 0 Å². The molecule has 2 bridgehead atoms. The highest BCUT2D eigenvalue weighted by Gasteiger charge is 2.19. The molecule has 0 fully saturated rings. The van der Waals surface area contributed by atoms with Gasteiger partial charge >= 0.3 is 0 Å². The molecule has 2 atom stereocenters. The number of fused-ring (bicyclic) bond motifs is 2. The number of aryl methyl sites for hydroxylation is 2. The predicted octanol–water partition coefficient (Wildman–Crippen LogP) is 3.26. The van der Waals surface area contributed by atoms with Crippen LogP contribution in [0.5, 0.6) is 0 Å². The Morgan fingerprint density at radius 2 is 2.11 bits per heavy atom. The second-order valence-corrected chi connectivity index (χ2v) is 7.71. The zero-order valence-corrected chi connectivity index (χ0v) is 16.9. The van der Waals surface area contributed by atoms with Crippen molar-refractivity contribution < 1.29 is 5.11 Å². The summed E-state index contributed by atoms with van der Waals surface area (Å²) in [5.41, 5.74) is 7.97. The SMILES string of the molecule is C/C1=N/C2C=C(C=CC1)C=C(c1nc3c(C)cn(C(C)CO)c3nc1C)CN2. The van der Waals surface area contributed by atoms with Crippen LogP contribution in [-0.2, 0) is 0 Å². The van der Waals surface area contributed by atoms with Crippen LogP contribution < -0.4 is 5.32 Å².